The van der Waals surface area contributed by atoms with Gasteiger partial charge in [0.15, 0.2) is 5.69 Å². The lowest BCUT2D eigenvalue weighted by Gasteiger charge is -2.31. The molecule has 0 aliphatic carbocycles. The standard InChI is InChI=1S/C22H26N6O/c1-16-7-3-4-9-20(16)28-17(2)21(25-26-28)22(29)24-18-10-13-27(14-11-18)15-19-8-5-6-12-23-19/h3-9,12,18H,10-11,13-15H2,1-2H3,(H,24,29). The van der Waals surface area contributed by atoms with E-state index < -0.39 is 0 Å². The summed E-state index contributed by atoms with van der Waals surface area (Å²) in [5.74, 6) is -0.148. The van der Waals surface area contributed by atoms with E-state index in [-0.39, 0.29) is 11.9 Å². The molecule has 4 rings (SSSR count). The van der Waals surface area contributed by atoms with E-state index in [0.717, 1.165) is 55.1 Å². The first-order chi connectivity index (χ1) is 14.1. The molecule has 1 N–H and O–H groups in total. The number of rotatable bonds is 5. The number of carbonyl (C=O) groups is 1. The predicted molar refractivity (Wildman–Crippen MR) is 111 cm³/mol. The van der Waals surface area contributed by atoms with Crippen LogP contribution in [0.3, 0.4) is 0 Å². The zero-order valence-electron chi connectivity index (χ0n) is 16.9. The average molecular weight is 390 g/mol. The first-order valence-electron chi connectivity index (χ1n) is 10.0. The highest BCUT2D eigenvalue weighted by Gasteiger charge is 2.24. The molecule has 0 saturated carbocycles. The van der Waals surface area contributed by atoms with E-state index in [1.54, 1.807) is 4.68 Å². The van der Waals surface area contributed by atoms with Crippen LogP contribution in [-0.4, -0.2) is 49.9 Å². The number of likely N-dealkylation sites (tertiary alicyclic amines) is 1. The maximum absolute atomic E-state index is 12.8. The first kappa shape index (κ1) is 19.3. The Hall–Kier alpha value is -3.06. The Morgan fingerprint density at radius 2 is 1.86 bits per heavy atom. The second-order valence-corrected chi connectivity index (χ2v) is 7.57. The summed E-state index contributed by atoms with van der Waals surface area (Å²) in [6, 6.07) is 14.1. The molecule has 0 bridgehead atoms. The van der Waals surface area contributed by atoms with E-state index in [2.05, 4.69) is 31.6 Å². The van der Waals surface area contributed by atoms with Gasteiger partial charge in [-0.2, -0.15) is 0 Å². The van der Waals surface area contributed by atoms with Crippen LogP contribution >= 0.6 is 0 Å². The average Bonchev–Trinajstić information content (AvgIpc) is 3.12. The Bertz CT molecular complexity index is 976. The van der Waals surface area contributed by atoms with Gasteiger partial charge in [0.1, 0.15) is 0 Å². The fourth-order valence-corrected chi connectivity index (χ4v) is 3.78. The minimum absolute atomic E-state index is 0.148. The highest BCUT2D eigenvalue weighted by molar-refractivity contribution is 5.93. The van der Waals surface area contributed by atoms with Crippen molar-refractivity contribution in [2.24, 2.45) is 0 Å². The van der Waals surface area contributed by atoms with Crippen LogP contribution in [0.4, 0.5) is 0 Å². The molecule has 3 aromatic rings. The van der Waals surface area contributed by atoms with Crippen molar-refractivity contribution in [3.8, 4) is 5.69 Å². The molecule has 0 atom stereocenters. The van der Waals surface area contributed by atoms with Crippen molar-refractivity contribution in [2.45, 2.75) is 39.3 Å². The number of amides is 1. The summed E-state index contributed by atoms with van der Waals surface area (Å²) in [5, 5.41) is 11.5. The van der Waals surface area contributed by atoms with Gasteiger partial charge in [0.05, 0.1) is 17.1 Å². The number of hydrogen-bond acceptors (Lipinski definition) is 5. The molecule has 0 spiro atoms. The number of carbonyl (C=O) groups excluding carboxylic acids is 1. The molecule has 1 fully saturated rings. The van der Waals surface area contributed by atoms with Crippen molar-refractivity contribution < 1.29 is 4.79 Å². The Kier molecular flexibility index (Phi) is 5.67. The van der Waals surface area contributed by atoms with Gasteiger partial charge in [0.25, 0.3) is 5.91 Å². The van der Waals surface area contributed by atoms with Gasteiger partial charge in [-0.15, -0.1) is 5.10 Å². The molecule has 0 radical (unpaired) electrons. The number of nitrogens with zero attached hydrogens (tertiary/aromatic N) is 5. The van der Waals surface area contributed by atoms with Gasteiger partial charge in [-0.3, -0.25) is 14.7 Å². The number of nitrogens with one attached hydrogen (secondary N) is 1. The topological polar surface area (TPSA) is 75.9 Å². The van der Waals surface area contributed by atoms with Crippen molar-refractivity contribution in [2.75, 3.05) is 13.1 Å². The summed E-state index contributed by atoms with van der Waals surface area (Å²) in [4.78, 5) is 19.6. The van der Waals surface area contributed by atoms with Crippen LogP contribution in [-0.2, 0) is 6.54 Å². The first-order valence-corrected chi connectivity index (χ1v) is 10.0. The van der Waals surface area contributed by atoms with E-state index in [9.17, 15) is 4.79 Å². The molecule has 2 aromatic heterocycles. The van der Waals surface area contributed by atoms with Gasteiger partial charge >= 0.3 is 0 Å². The number of para-hydroxylation sites is 1. The normalized spacial score (nSPS) is 15.4. The van der Waals surface area contributed by atoms with Crippen LogP contribution in [0.5, 0.6) is 0 Å². The summed E-state index contributed by atoms with van der Waals surface area (Å²) in [5.41, 5.74) is 4.26. The third-order valence-corrected chi connectivity index (χ3v) is 5.49. The van der Waals surface area contributed by atoms with Gasteiger partial charge in [0, 0.05) is 31.9 Å². The van der Waals surface area contributed by atoms with Crippen molar-refractivity contribution >= 4 is 5.91 Å². The van der Waals surface area contributed by atoms with Gasteiger partial charge in [-0.25, -0.2) is 4.68 Å². The molecule has 1 aliphatic rings. The summed E-state index contributed by atoms with van der Waals surface area (Å²) in [6.45, 7) is 6.64. The minimum Gasteiger partial charge on any atom is -0.348 e. The van der Waals surface area contributed by atoms with Crippen LogP contribution in [0.2, 0.25) is 0 Å². The molecule has 1 aliphatic heterocycles. The number of aryl methyl sites for hydroxylation is 1. The number of hydrogen-bond donors (Lipinski definition) is 1. The Morgan fingerprint density at radius 1 is 1.10 bits per heavy atom. The summed E-state index contributed by atoms with van der Waals surface area (Å²) >= 11 is 0. The molecule has 3 heterocycles. The molecule has 7 nitrogen and oxygen atoms in total. The molecular formula is C22H26N6O. The zero-order valence-corrected chi connectivity index (χ0v) is 16.9. The van der Waals surface area contributed by atoms with Crippen LogP contribution in [0.1, 0.15) is 40.3 Å². The van der Waals surface area contributed by atoms with E-state index in [1.807, 2.05) is 56.4 Å². The monoisotopic (exact) mass is 390 g/mol. The highest BCUT2D eigenvalue weighted by Crippen LogP contribution is 2.17. The summed E-state index contributed by atoms with van der Waals surface area (Å²) < 4.78 is 1.74. The molecule has 29 heavy (non-hydrogen) atoms. The molecule has 1 aromatic carbocycles. The second kappa shape index (κ2) is 8.53. The van der Waals surface area contributed by atoms with Crippen molar-refractivity contribution in [3.05, 3.63) is 71.3 Å². The molecule has 1 amide bonds. The van der Waals surface area contributed by atoms with Crippen LogP contribution in [0.15, 0.2) is 48.7 Å². The summed E-state index contributed by atoms with van der Waals surface area (Å²) in [6.07, 6.45) is 3.67. The van der Waals surface area contributed by atoms with E-state index in [1.165, 1.54) is 0 Å². The number of piperidine rings is 1. The van der Waals surface area contributed by atoms with Crippen LogP contribution < -0.4 is 5.32 Å². The fourth-order valence-electron chi connectivity index (χ4n) is 3.78. The quantitative estimate of drug-likeness (QED) is 0.725. The largest absolute Gasteiger partial charge is 0.348 e. The lowest BCUT2D eigenvalue weighted by Crippen LogP contribution is -2.44. The second-order valence-electron chi connectivity index (χ2n) is 7.57. The lowest BCUT2D eigenvalue weighted by atomic mass is 10.0. The Morgan fingerprint density at radius 3 is 2.59 bits per heavy atom. The summed E-state index contributed by atoms with van der Waals surface area (Å²) in [7, 11) is 0. The highest BCUT2D eigenvalue weighted by atomic mass is 16.2. The predicted octanol–water partition coefficient (Wildman–Crippen LogP) is 2.67. The minimum atomic E-state index is -0.148. The van der Waals surface area contributed by atoms with Gasteiger partial charge in [-0.1, -0.05) is 29.5 Å². The number of aromatic nitrogens is 4. The zero-order chi connectivity index (χ0) is 20.2. The molecule has 0 unspecified atom stereocenters. The lowest BCUT2D eigenvalue weighted by molar-refractivity contribution is 0.0902. The third-order valence-electron chi connectivity index (χ3n) is 5.49. The van der Waals surface area contributed by atoms with Crippen molar-refractivity contribution in [3.63, 3.8) is 0 Å². The molecule has 7 heteroatoms. The SMILES string of the molecule is Cc1ccccc1-n1nnc(C(=O)NC2CCN(Cc3ccccn3)CC2)c1C. The third kappa shape index (κ3) is 4.35. The van der Waals surface area contributed by atoms with Crippen LogP contribution in [0, 0.1) is 13.8 Å². The molecular weight excluding hydrogens is 364 g/mol. The van der Waals surface area contributed by atoms with E-state index in [0.29, 0.717) is 5.69 Å². The Labute approximate surface area is 170 Å². The van der Waals surface area contributed by atoms with E-state index in [4.69, 9.17) is 0 Å². The van der Waals surface area contributed by atoms with Gasteiger partial charge in [0.2, 0.25) is 0 Å². The Balaban J connectivity index is 1.35. The van der Waals surface area contributed by atoms with Crippen molar-refractivity contribution in [1.29, 1.82) is 0 Å². The van der Waals surface area contributed by atoms with Crippen molar-refractivity contribution in [1.82, 2.24) is 30.2 Å². The van der Waals surface area contributed by atoms with Crippen LogP contribution in [0.25, 0.3) is 5.69 Å². The van der Waals surface area contributed by atoms with Gasteiger partial charge < -0.3 is 5.32 Å². The number of pyridine rings is 1. The number of benzene rings is 1. The maximum Gasteiger partial charge on any atom is 0.273 e. The van der Waals surface area contributed by atoms with E-state index >= 15 is 0 Å². The molecule has 1 saturated heterocycles. The van der Waals surface area contributed by atoms with Gasteiger partial charge in [-0.05, 0) is 50.5 Å². The molecule has 150 valence electrons. The fraction of sp³-hybridized carbons (Fsp3) is 0.364. The maximum atomic E-state index is 12.8. The smallest absolute Gasteiger partial charge is 0.273 e.